The molecule has 108 valence electrons. The molecule has 0 aliphatic heterocycles. The molecule has 0 aliphatic carbocycles. The molecule has 0 heterocycles. The van der Waals surface area contributed by atoms with Gasteiger partial charge in [0, 0.05) is 26.7 Å². The summed E-state index contributed by atoms with van der Waals surface area (Å²) in [6.45, 7) is 5.42. The first-order valence-corrected chi connectivity index (χ1v) is 6.64. The highest BCUT2D eigenvalue weighted by molar-refractivity contribution is 5.75. The lowest BCUT2D eigenvalue weighted by Crippen LogP contribution is -2.41. The average molecular weight is 260 g/mol. The average Bonchev–Trinajstić information content (AvgIpc) is 2.39. The Labute approximate surface area is 111 Å². The van der Waals surface area contributed by atoms with Gasteiger partial charge in [-0.15, -0.1) is 0 Å². The van der Waals surface area contributed by atoms with Gasteiger partial charge in [0.15, 0.2) is 0 Å². The van der Waals surface area contributed by atoms with E-state index in [1.165, 1.54) is 7.11 Å². The second kappa shape index (κ2) is 11.4. The summed E-state index contributed by atoms with van der Waals surface area (Å²) in [7, 11) is 5.18. The third-order valence-corrected chi connectivity index (χ3v) is 2.89. The number of carbonyl (C=O) groups excluding carboxylic acids is 1. The molecule has 0 saturated heterocycles. The van der Waals surface area contributed by atoms with Crippen molar-refractivity contribution in [3.05, 3.63) is 0 Å². The van der Waals surface area contributed by atoms with E-state index in [9.17, 15) is 4.79 Å². The van der Waals surface area contributed by atoms with Gasteiger partial charge in [-0.25, -0.2) is 0 Å². The van der Waals surface area contributed by atoms with E-state index in [0.29, 0.717) is 0 Å². The second-order valence-electron chi connectivity index (χ2n) is 4.47. The standard InChI is InChI=1S/C13H28N2O3/c1-5-6-7-12(13(16)18-4)14-8-9-15(2)10-11-17-3/h12,14H,5-11H2,1-4H3. The van der Waals surface area contributed by atoms with Gasteiger partial charge in [0.05, 0.1) is 13.7 Å². The Morgan fingerprint density at radius 1 is 1.33 bits per heavy atom. The van der Waals surface area contributed by atoms with Crippen molar-refractivity contribution < 1.29 is 14.3 Å². The molecule has 0 spiro atoms. The van der Waals surface area contributed by atoms with E-state index in [0.717, 1.165) is 45.5 Å². The minimum Gasteiger partial charge on any atom is -0.468 e. The van der Waals surface area contributed by atoms with Crippen LogP contribution in [0.15, 0.2) is 0 Å². The van der Waals surface area contributed by atoms with Crippen LogP contribution in [0.5, 0.6) is 0 Å². The van der Waals surface area contributed by atoms with E-state index in [1.807, 2.05) is 7.05 Å². The van der Waals surface area contributed by atoms with Gasteiger partial charge in [-0.1, -0.05) is 19.8 Å². The highest BCUT2D eigenvalue weighted by Gasteiger charge is 2.17. The van der Waals surface area contributed by atoms with Crippen LogP contribution in [-0.2, 0) is 14.3 Å². The van der Waals surface area contributed by atoms with Gasteiger partial charge < -0.3 is 19.7 Å². The van der Waals surface area contributed by atoms with Crippen molar-refractivity contribution in [1.82, 2.24) is 10.2 Å². The fraction of sp³-hybridized carbons (Fsp3) is 0.923. The molecule has 0 amide bonds. The molecule has 5 heteroatoms. The number of likely N-dealkylation sites (N-methyl/N-ethyl adjacent to an activating group) is 1. The predicted octanol–water partition coefficient (Wildman–Crippen LogP) is 0.886. The van der Waals surface area contributed by atoms with Gasteiger partial charge in [0.25, 0.3) is 0 Å². The number of hydrogen-bond donors (Lipinski definition) is 1. The van der Waals surface area contributed by atoms with E-state index in [-0.39, 0.29) is 12.0 Å². The Morgan fingerprint density at radius 3 is 2.61 bits per heavy atom. The lowest BCUT2D eigenvalue weighted by atomic mass is 10.1. The molecule has 1 unspecified atom stereocenters. The summed E-state index contributed by atoms with van der Waals surface area (Å²) in [6.07, 6.45) is 2.96. The SMILES string of the molecule is CCCCC(NCCN(C)CCOC)C(=O)OC. The van der Waals surface area contributed by atoms with Gasteiger partial charge in [-0.3, -0.25) is 4.79 Å². The molecule has 1 atom stereocenters. The topological polar surface area (TPSA) is 50.8 Å². The molecule has 0 rings (SSSR count). The summed E-state index contributed by atoms with van der Waals surface area (Å²) in [5, 5.41) is 3.26. The van der Waals surface area contributed by atoms with Gasteiger partial charge >= 0.3 is 5.97 Å². The van der Waals surface area contributed by atoms with E-state index in [1.54, 1.807) is 7.11 Å². The second-order valence-corrected chi connectivity index (χ2v) is 4.47. The van der Waals surface area contributed by atoms with Crippen molar-refractivity contribution in [3.63, 3.8) is 0 Å². The predicted molar refractivity (Wildman–Crippen MR) is 72.7 cm³/mol. The zero-order valence-corrected chi connectivity index (χ0v) is 12.2. The quantitative estimate of drug-likeness (QED) is 0.559. The van der Waals surface area contributed by atoms with Crippen molar-refractivity contribution >= 4 is 5.97 Å². The fourth-order valence-electron chi connectivity index (χ4n) is 1.64. The summed E-state index contributed by atoms with van der Waals surface area (Å²) < 4.78 is 9.81. The molecule has 0 saturated carbocycles. The number of hydrogen-bond acceptors (Lipinski definition) is 5. The number of esters is 1. The van der Waals surface area contributed by atoms with Crippen LogP contribution in [-0.4, -0.2) is 64.4 Å². The maximum absolute atomic E-state index is 11.5. The van der Waals surface area contributed by atoms with Gasteiger partial charge in [-0.2, -0.15) is 0 Å². The zero-order valence-electron chi connectivity index (χ0n) is 12.2. The molecule has 0 fully saturated rings. The van der Waals surface area contributed by atoms with Crippen LogP contribution in [0.25, 0.3) is 0 Å². The van der Waals surface area contributed by atoms with E-state index in [4.69, 9.17) is 9.47 Å². The first-order chi connectivity index (χ1) is 8.65. The maximum Gasteiger partial charge on any atom is 0.322 e. The first-order valence-electron chi connectivity index (χ1n) is 6.64. The minimum absolute atomic E-state index is 0.164. The lowest BCUT2D eigenvalue weighted by molar-refractivity contribution is -0.143. The van der Waals surface area contributed by atoms with Gasteiger partial charge in [0.2, 0.25) is 0 Å². The van der Waals surface area contributed by atoms with Crippen LogP contribution in [0.4, 0.5) is 0 Å². The van der Waals surface area contributed by atoms with Crippen LogP contribution in [0, 0.1) is 0 Å². The largest absolute Gasteiger partial charge is 0.468 e. The third kappa shape index (κ3) is 8.44. The Balaban J connectivity index is 3.84. The summed E-state index contributed by atoms with van der Waals surface area (Å²) >= 11 is 0. The molecular weight excluding hydrogens is 232 g/mol. The molecule has 5 nitrogen and oxygen atoms in total. The van der Waals surface area contributed by atoms with Crippen LogP contribution in [0.3, 0.4) is 0 Å². The lowest BCUT2D eigenvalue weighted by Gasteiger charge is -2.20. The smallest absolute Gasteiger partial charge is 0.322 e. The normalized spacial score (nSPS) is 12.7. The van der Waals surface area contributed by atoms with Crippen LogP contribution in [0.2, 0.25) is 0 Å². The van der Waals surface area contributed by atoms with Crippen LogP contribution >= 0.6 is 0 Å². The molecule has 0 aromatic carbocycles. The number of ether oxygens (including phenoxy) is 2. The van der Waals surface area contributed by atoms with Gasteiger partial charge in [-0.05, 0) is 13.5 Å². The van der Waals surface area contributed by atoms with Crippen molar-refractivity contribution in [2.24, 2.45) is 0 Å². The molecule has 0 aromatic heterocycles. The summed E-state index contributed by atoms with van der Waals surface area (Å²) in [6, 6.07) is -0.175. The Morgan fingerprint density at radius 2 is 2.06 bits per heavy atom. The van der Waals surface area contributed by atoms with Crippen LogP contribution < -0.4 is 5.32 Å². The van der Waals surface area contributed by atoms with Crippen LogP contribution in [0.1, 0.15) is 26.2 Å². The fourth-order valence-corrected chi connectivity index (χ4v) is 1.64. The highest BCUT2D eigenvalue weighted by Crippen LogP contribution is 2.02. The molecule has 0 bridgehead atoms. The van der Waals surface area contributed by atoms with Gasteiger partial charge in [0.1, 0.15) is 6.04 Å². The Bertz CT molecular complexity index is 212. The maximum atomic E-state index is 11.5. The number of nitrogens with zero attached hydrogens (tertiary/aromatic N) is 1. The number of unbranched alkanes of at least 4 members (excludes halogenated alkanes) is 1. The van der Waals surface area contributed by atoms with Crippen molar-refractivity contribution in [1.29, 1.82) is 0 Å². The summed E-state index contributed by atoms with van der Waals surface area (Å²) in [4.78, 5) is 13.7. The zero-order chi connectivity index (χ0) is 13.8. The first kappa shape index (κ1) is 17.4. The number of methoxy groups -OCH3 is 2. The monoisotopic (exact) mass is 260 g/mol. The van der Waals surface area contributed by atoms with Crippen molar-refractivity contribution in [2.45, 2.75) is 32.2 Å². The number of carbonyl (C=O) groups is 1. The highest BCUT2D eigenvalue weighted by atomic mass is 16.5. The van der Waals surface area contributed by atoms with E-state index >= 15 is 0 Å². The third-order valence-electron chi connectivity index (χ3n) is 2.89. The Hall–Kier alpha value is -0.650. The molecular formula is C13H28N2O3. The minimum atomic E-state index is -0.175. The molecule has 18 heavy (non-hydrogen) atoms. The van der Waals surface area contributed by atoms with Crippen molar-refractivity contribution in [2.75, 3.05) is 47.5 Å². The number of nitrogens with one attached hydrogen (secondary N) is 1. The van der Waals surface area contributed by atoms with E-state index < -0.39 is 0 Å². The van der Waals surface area contributed by atoms with E-state index in [2.05, 4.69) is 17.1 Å². The number of rotatable bonds is 11. The summed E-state index contributed by atoms with van der Waals surface area (Å²) in [5.74, 6) is -0.164. The molecule has 0 aromatic rings. The molecule has 0 aliphatic rings. The summed E-state index contributed by atoms with van der Waals surface area (Å²) in [5.41, 5.74) is 0. The Kier molecular flexibility index (Phi) is 11.0. The molecule has 1 N–H and O–H groups in total. The molecule has 0 radical (unpaired) electrons. The van der Waals surface area contributed by atoms with Crippen molar-refractivity contribution in [3.8, 4) is 0 Å².